The Kier molecular flexibility index (Phi) is 5.48. The second kappa shape index (κ2) is 7.93. The highest BCUT2D eigenvalue weighted by Crippen LogP contribution is 2.33. The molecule has 0 amide bonds. The summed E-state index contributed by atoms with van der Waals surface area (Å²) in [5.41, 5.74) is 0.278. The molecule has 7 nitrogen and oxygen atoms in total. The summed E-state index contributed by atoms with van der Waals surface area (Å²) in [5, 5.41) is 0. The second-order valence-corrected chi connectivity index (χ2v) is 10.9. The van der Waals surface area contributed by atoms with Crippen molar-refractivity contribution < 1.29 is 26.3 Å². The van der Waals surface area contributed by atoms with Crippen molar-refractivity contribution in [3.8, 4) is 11.5 Å². The van der Waals surface area contributed by atoms with Crippen molar-refractivity contribution in [1.29, 1.82) is 0 Å². The number of hydrogen-bond donors (Lipinski definition) is 1. The van der Waals surface area contributed by atoms with Gasteiger partial charge in [0, 0.05) is 10.5 Å². The normalized spacial score (nSPS) is 13.6. The van der Waals surface area contributed by atoms with E-state index in [1.54, 1.807) is 24.3 Å². The fraction of sp³-hybridized carbons (Fsp3) is 0.100. The van der Waals surface area contributed by atoms with E-state index in [9.17, 15) is 16.8 Å². The number of halogens is 1. The topological polar surface area (TPSA) is 98.8 Å². The molecule has 0 radical (unpaired) electrons. The average Bonchev–Trinajstić information content (AvgIpc) is 2.74. The average molecular weight is 510 g/mol. The lowest BCUT2D eigenvalue weighted by Gasteiger charge is -2.19. The number of nitrogens with one attached hydrogen (secondary N) is 1. The summed E-state index contributed by atoms with van der Waals surface area (Å²) in [6, 6.07) is 16.0. The second-order valence-electron chi connectivity index (χ2n) is 6.40. The third kappa shape index (κ3) is 4.16. The first kappa shape index (κ1) is 20.7. The van der Waals surface area contributed by atoms with E-state index in [0.717, 1.165) is 10.5 Å². The summed E-state index contributed by atoms with van der Waals surface area (Å²) in [7, 11) is -7.90. The first-order valence-electron chi connectivity index (χ1n) is 8.79. The number of benzene rings is 3. The van der Waals surface area contributed by atoms with Crippen LogP contribution in [0.25, 0.3) is 0 Å². The minimum Gasteiger partial charge on any atom is -0.486 e. The molecule has 0 unspecified atom stereocenters. The third-order valence-electron chi connectivity index (χ3n) is 4.34. The molecule has 0 bridgehead atoms. The fourth-order valence-electron chi connectivity index (χ4n) is 2.88. The van der Waals surface area contributed by atoms with Crippen molar-refractivity contribution in [2.75, 3.05) is 17.9 Å². The van der Waals surface area contributed by atoms with Gasteiger partial charge in [-0.1, -0.05) is 22.0 Å². The van der Waals surface area contributed by atoms with Crippen LogP contribution in [0.15, 0.2) is 85.9 Å². The van der Waals surface area contributed by atoms with Gasteiger partial charge < -0.3 is 9.47 Å². The molecule has 1 heterocycles. The van der Waals surface area contributed by atoms with Crippen molar-refractivity contribution in [3.05, 3.63) is 71.2 Å². The molecule has 4 rings (SSSR count). The number of hydrogen-bond acceptors (Lipinski definition) is 6. The Morgan fingerprint density at radius 2 is 1.40 bits per heavy atom. The molecule has 0 atom stereocenters. The Balaban J connectivity index is 1.65. The molecule has 1 aliphatic heterocycles. The van der Waals surface area contributed by atoms with Crippen LogP contribution < -0.4 is 14.2 Å². The number of ether oxygens (including phenoxy) is 2. The van der Waals surface area contributed by atoms with Crippen LogP contribution in [0, 0.1) is 0 Å². The van der Waals surface area contributed by atoms with Gasteiger partial charge in [0.05, 0.1) is 20.4 Å². The van der Waals surface area contributed by atoms with Crippen molar-refractivity contribution in [2.24, 2.45) is 0 Å². The molecule has 0 saturated carbocycles. The highest BCUT2D eigenvalue weighted by Gasteiger charge is 2.22. The Hall–Kier alpha value is -2.56. The fourth-order valence-corrected chi connectivity index (χ4v) is 5.62. The predicted octanol–water partition coefficient (Wildman–Crippen LogP) is 3.85. The molecule has 10 heteroatoms. The van der Waals surface area contributed by atoms with E-state index in [2.05, 4.69) is 20.7 Å². The Morgan fingerprint density at radius 1 is 0.733 bits per heavy atom. The number of rotatable bonds is 5. The molecule has 156 valence electrons. The predicted molar refractivity (Wildman–Crippen MR) is 114 cm³/mol. The summed E-state index contributed by atoms with van der Waals surface area (Å²) in [5.74, 6) is 0.972. The van der Waals surface area contributed by atoms with E-state index in [4.69, 9.17) is 9.47 Å². The lowest BCUT2D eigenvalue weighted by atomic mass is 10.3. The van der Waals surface area contributed by atoms with Gasteiger partial charge in [-0.2, -0.15) is 0 Å². The Bertz CT molecular complexity index is 1310. The van der Waals surface area contributed by atoms with Gasteiger partial charge in [-0.25, -0.2) is 16.8 Å². The molecule has 0 spiro atoms. The van der Waals surface area contributed by atoms with Crippen molar-refractivity contribution in [3.63, 3.8) is 0 Å². The Labute approximate surface area is 182 Å². The maximum Gasteiger partial charge on any atom is 0.261 e. The molecule has 0 saturated heterocycles. The van der Waals surface area contributed by atoms with Crippen molar-refractivity contribution >= 4 is 41.5 Å². The summed E-state index contributed by atoms with van der Waals surface area (Å²) >= 11 is 3.26. The first-order chi connectivity index (χ1) is 14.3. The largest absolute Gasteiger partial charge is 0.486 e. The molecule has 3 aromatic rings. The molecule has 0 fully saturated rings. The molecular formula is C20H16BrNO6S2. The van der Waals surface area contributed by atoms with Crippen molar-refractivity contribution in [2.45, 2.75) is 14.7 Å². The van der Waals surface area contributed by atoms with Crippen LogP contribution in [0.5, 0.6) is 11.5 Å². The zero-order chi connectivity index (χ0) is 21.4. The number of sulfone groups is 1. The van der Waals surface area contributed by atoms with Crippen LogP contribution in [-0.4, -0.2) is 30.0 Å². The quantitative estimate of drug-likeness (QED) is 0.560. The van der Waals surface area contributed by atoms with Gasteiger partial charge in [0.25, 0.3) is 10.0 Å². The SMILES string of the molecule is O=S(=O)(Nc1ccc2c(c1)OCCO2)c1cccc(S(=O)(=O)c2ccc(Br)cc2)c1. The monoisotopic (exact) mass is 509 g/mol. The highest BCUT2D eigenvalue weighted by molar-refractivity contribution is 9.10. The maximum atomic E-state index is 12.9. The van der Waals surface area contributed by atoms with Crippen LogP contribution in [-0.2, 0) is 19.9 Å². The molecular weight excluding hydrogens is 494 g/mol. The zero-order valence-corrected chi connectivity index (χ0v) is 18.6. The summed E-state index contributed by atoms with van der Waals surface area (Å²) in [4.78, 5) is -0.217. The summed E-state index contributed by atoms with van der Waals surface area (Å²) < 4.78 is 65.5. The van der Waals surface area contributed by atoms with E-state index in [0.29, 0.717) is 24.7 Å². The lowest BCUT2D eigenvalue weighted by Crippen LogP contribution is -2.17. The van der Waals surface area contributed by atoms with E-state index in [-0.39, 0.29) is 20.4 Å². The van der Waals surface area contributed by atoms with Gasteiger partial charge in [-0.15, -0.1) is 0 Å². The van der Waals surface area contributed by atoms with Gasteiger partial charge in [0.15, 0.2) is 11.5 Å². The van der Waals surface area contributed by atoms with Crippen LogP contribution in [0.4, 0.5) is 5.69 Å². The smallest absolute Gasteiger partial charge is 0.261 e. The number of fused-ring (bicyclic) bond motifs is 1. The molecule has 0 aliphatic carbocycles. The van der Waals surface area contributed by atoms with E-state index < -0.39 is 19.9 Å². The van der Waals surface area contributed by atoms with Crippen LogP contribution >= 0.6 is 15.9 Å². The van der Waals surface area contributed by atoms with Crippen LogP contribution in [0.3, 0.4) is 0 Å². The highest BCUT2D eigenvalue weighted by atomic mass is 79.9. The first-order valence-corrected chi connectivity index (χ1v) is 12.5. The lowest BCUT2D eigenvalue weighted by molar-refractivity contribution is 0.171. The van der Waals surface area contributed by atoms with Gasteiger partial charge >= 0.3 is 0 Å². The van der Waals surface area contributed by atoms with E-state index >= 15 is 0 Å². The van der Waals surface area contributed by atoms with Gasteiger partial charge in [-0.05, 0) is 54.6 Å². The van der Waals surface area contributed by atoms with Gasteiger partial charge in [0.2, 0.25) is 9.84 Å². The molecule has 1 aliphatic rings. The minimum absolute atomic E-state index is 0.0695. The number of anilines is 1. The third-order valence-corrected chi connectivity index (χ3v) is 8.02. The molecule has 1 N–H and O–H groups in total. The summed E-state index contributed by atoms with van der Waals surface area (Å²) in [6.45, 7) is 0.802. The molecule has 30 heavy (non-hydrogen) atoms. The molecule has 3 aromatic carbocycles. The van der Waals surface area contributed by atoms with E-state index in [1.807, 2.05) is 0 Å². The van der Waals surface area contributed by atoms with Crippen LogP contribution in [0.2, 0.25) is 0 Å². The number of sulfonamides is 1. The Morgan fingerprint density at radius 3 is 2.13 bits per heavy atom. The summed E-state index contributed by atoms with van der Waals surface area (Å²) in [6.07, 6.45) is 0. The standard InChI is InChI=1S/C20H16BrNO6S2/c21-14-4-7-16(8-5-14)29(23,24)17-2-1-3-18(13-17)30(25,26)22-15-6-9-19-20(12-15)28-11-10-27-19/h1-9,12-13,22H,10-11H2. The van der Waals surface area contributed by atoms with E-state index in [1.165, 1.54) is 36.4 Å². The molecule has 0 aromatic heterocycles. The van der Waals surface area contributed by atoms with Gasteiger partial charge in [-0.3, -0.25) is 4.72 Å². The maximum absolute atomic E-state index is 12.9. The van der Waals surface area contributed by atoms with Gasteiger partial charge in [0.1, 0.15) is 13.2 Å². The van der Waals surface area contributed by atoms with Crippen LogP contribution in [0.1, 0.15) is 0 Å². The van der Waals surface area contributed by atoms with Crippen molar-refractivity contribution in [1.82, 2.24) is 0 Å². The zero-order valence-electron chi connectivity index (χ0n) is 15.4. The minimum atomic E-state index is -4.03.